The van der Waals surface area contributed by atoms with Gasteiger partial charge in [0.25, 0.3) is 0 Å². The summed E-state index contributed by atoms with van der Waals surface area (Å²) in [6.45, 7) is 6.27. The van der Waals surface area contributed by atoms with Crippen LogP contribution >= 0.6 is 12.2 Å². The summed E-state index contributed by atoms with van der Waals surface area (Å²) in [5.41, 5.74) is 8.39. The molecule has 18 heavy (non-hydrogen) atoms. The second-order valence-electron chi connectivity index (χ2n) is 5.09. The van der Waals surface area contributed by atoms with E-state index in [9.17, 15) is 0 Å². The van der Waals surface area contributed by atoms with Crippen LogP contribution in [0, 0.1) is 0 Å². The molecule has 0 fully saturated rings. The Morgan fingerprint density at radius 1 is 1.28 bits per heavy atom. The van der Waals surface area contributed by atoms with Crippen molar-refractivity contribution in [3.05, 3.63) is 36.3 Å². The largest absolute Gasteiger partial charge is 0.389 e. The summed E-state index contributed by atoms with van der Waals surface area (Å²) in [6.07, 6.45) is 5.22. The maximum atomic E-state index is 5.77. The molecule has 0 aliphatic carbocycles. The lowest BCUT2D eigenvalue weighted by atomic mass is 10.0. The average molecular weight is 260 g/mol. The van der Waals surface area contributed by atoms with Crippen molar-refractivity contribution >= 4 is 17.2 Å². The highest BCUT2D eigenvalue weighted by atomic mass is 32.1. The molecule has 0 bridgehead atoms. The molecule has 2 heterocycles. The van der Waals surface area contributed by atoms with Crippen molar-refractivity contribution in [1.82, 2.24) is 14.8 Å². The van der Waals surface area contributed by atoms with Gasteiger partial charge in [-0.1, -0.05) is 12.2 Å². The van der Waals surface area contributed by atoms with Gasteiger partial charge >= 0.3 is 0 Å². The number of pyridine rings is 1. The van der Waals surface area contributed by atoms with Crippen molar-refractivity contribution in [2.75, 3.05) is 0 Å². The minimum Gasteiger partial charge on any atom is -0.389 e. The second-order valence-corrected chi connectivity index (χ2v) is 5.53. The third-order valence-electron chi connectivity index (χ3n) is 2.62. The molecule has 0 amide bonds. The lowest BCUT2D eigenvalue weighted by Gasteiger charge is -2.23. The van der Waals surface area contributed by atoms with Crippen LogP contribution in [-0.2, 0) is 5.54 Å². The summed E-state index contributed by atoms with van der Waals surface area (Å²) >= 11 is 5.09. The van der Waals surface area contributed by atoms with Gasteiger partial charge in [-0.2, -0.15) is 5.10 Å². The molecule has 0 atom stereocenters. The van der Waals surface area contributed by atoms with E-state index in [2.05, 4.69) is 30.9 Å². The Morgan fingerprint density at radius 3 is 2.39 bits per heavy atom. The van der Waals surface area contributed by atoms with Gasteiger partial charge in [-0.15, -0.1) is 0 Å². The zero-order valence-electron chi connectivity index (χ0n) is 10.7. The number of nitrogens with zero attached hydrogens (tertiary/aromatic N) is 3. The van der Waals surface area contributed by atoms with Gasteiger partial charge in [-0.05, 0) is 32.9 Å². The van der Waals surface area contributed by atoms with Gasteiger partial charge in [-0.25, -0.2) is 0 Å². The summed E-state index contributed by atoms with van der Waals surface area (Å²) in [5.74, 6) is 0. The van der Waals surface area contributed by atoms with E-state index < -0.39 is 0 Å². The molecule has 0 aliphatic heterocycles. The van der Waals surface area contributed by atoms with Gasteiger partial charge in [0.1, 0.15) is 4.99 Å². The number of aromatic nitrogens is 3. The molecule has 2 N–H and O–H groups in total. The molecular weight excluding hydrogens is 244 g/mol. The van der Waals surface area contributed by atoms with Crippen LogP contribution in [0.1, 0.15) is 26.3 Å². The topological polar surface area (TPSA) is 56.7 Å². The predicted molar refractivity (Wildman–Crippen MR) is 76.3 cm³/mol. The van der Waals surface area contributed by atoms with Crippen molar-refractivity contribution in [3.8, 4) is 11.3 Å². The van der Waals surface area contributed by atoms with E-state index in [1.165, 1.54) is 0 Å². The number of hydrogen-bond acceptors (Lipinski definition) is 3. The summed E-state index contributed by atoms with van der Waals surface area (Å²) in [6, 6.07) is 3.86. The molecule has 94 valence electrons. The fourth-order valence-electron chi connectivity index (χ4n) is 1.82. The maximum Gasteiger partial charge on any atom is 0.107 e. The van der Waals surface area contributed by atoms with Crippen LogP contribution in [0.15, 0.2) is 30.7 Å². The fraction of sp³-hybridized carbons (Fsp3) is 0.308. The maximum absolute atomic E-state index is 5.77. The SMILES string of the molecule is CC(C)(C)n1ncc(C(N)=S)c1-c1ccncc1. The van der Waals surface area contributed by atoms with Crippen LogP contribution in [0.3, 0.4) is 0 Å². The van der Waals surface area contributed by atoms with E-state index in [0.717, 1.165) is 16.8 Å². The Labute approximate surface area is 112 Å². The highest BCUT2D eigenvalue weighted by Crippen LogP contribution is 2.28. The van der Waals surface area contributed by atoms with Crippen LogP contribution in [0.25, 0.3) is 11.3 Å². The van der Waals surface area contributed by atoms with Crippen LogP contribution in [-0.4, -0.2) is 19.8 Å². The van der Waals surface area contributed by atoms with E-state index in [-0.39, 0.29) is 5.54 Å². The zero-order chi connectivity index (χ0) is 13.3. The molecule has 2 aromatic heterocycles. The summed E-state index contributed by atoms with van der Waals surface area (Å²) in [5, 5.41) is 4.41. The monoisotopic (exact) mass is 260 g/mol. The van der Waals surface area contributed by atoms with Crippen LogP contribution < -0.4 is 5.73 Å². The predicted octanol–water partition coefficient (Wildman–Crippen LogP) is 2.33. The molecule has 0 aromatic carbocycles. The van der Waals surface area contributed by atoms with Gasteiger partial charge in [0.2, 0.25) is 0 Å². The quantitative estimate of drug-likeness (QED) is 0.842. The first kappa shape index (κ1) is 12.7. The molecular formula is C13H16N4S. The van der Waals surface area contributed by atoms with Crippen LogP contribution in [0.2, 0.25) is 0 Å². The van der Waals surface area contributed by atoms with Gasteiger partial charge in [0.15, 0.2) is 0 Å². The molecule has 0 unspecified atom stereocenters. The highest BCUT2D eigenvalue weighted by Gasteiger charge is 2.22. The van der Waals surface area contributed by atoms with Crippen molar-refractivity contribution < 1.29 is 0 Å². The summed E-state index contributed by atoms with van der Waals surface area (Å²) < 4.78 is 1.94. The fourth-order valence-corrected chi connectivity index (χ4v) is 1.97. The van der Waals surface area contributed by atoms with Crippen molar-refractivity contribution in [2.24, 2.45) is 5.73 Å². The first-order chi connectivity index (χ1) is 8.41. The molecule has 0 radical (unpaired) electrons. The Hall–Kier alpha value is -1.75. The van der Waals surface area contributed by atoms with Gasteiger partial charge in [0, 0.05) is 18.0 Å². The van der Waals surface area contributed by atoms with E-state index >= 15 is 0 Å². The van der Waals surface area contributed by atoms with E-state index in [1.54, 1.807) is 18.6 Å². The molecule has 4 nitrogen and oxygen atoms in total. The minimum atomic E-state index is -0.137. The number of thiocarbonyl (C=S) groups is 1. The lowest BCUT2D eigenvalue weighted by Crippen LogP contribution is -2.24. The Kier molecular flexibility index (Phi) is 3.17. The molecule has 2 rings (SSSR count). The Bertz CT molecular complexity index is 566. The van der Waals surface area contributed by atoms with E-state index in [4.69, 9.17) is 18.0 Å². The van der Waals surface area contributed by atoms with Gasteiger partial charge in [-0.3, -0.25) is 9.67 Å². The number of hydrogen-bond donors (Lipinski definition) is 1. The number of nitrogens with two attached hydrogens (primary N) is 1. The minimum absolute atomic E-state index is 0.137. The lowest BCUT2D eigenvalue weighted by molar-refractivity contribution is 0.360. The van der Waals surface area contributed by atoms with E-state index in [0.29, 0.717) is 4.99 Å². The Morgan fingerprint density at radius 2 is 1.89 bits per heavy atom. The van der Waals surface area contributed by atoms with Crippen LogP contribution in [0.4, 0.5) is 0 Å². The second kappa shape index (κ2) is 4.49. The van der Waals surface area contributed by atoms with Crippen LogP contribution in [0.5, 0.6) is 0 Å². The normalized spacial score (nSPS) is 11.5. The molecule has 5 heteroatoms. The summed E-state index contributed by atoms with van der Waals surface area (Å²) in [4.78, 5) is 4.39. The highest BCUT2D eigenvalue weighted by molar-refractivity contribution is 7.80. The molecule has 0 spiro atoms. The van der Waals surface area contributed by atoms with Crippen molar-refractivity contribution in [2.45, 2.75) is 26.3 Å². The van der Waals surface area contributed by atoms with Gasteiger partial charge in [0.05, 0.1) is 23.0 Å². The van der Waals surface area contributed by atoms with Crippen molar-refractivity contribution in [3.63, 3.8) is 0 Å². The third-order valence-corrected chi connectivity index (χ3v) is 2.84. The molecule has 0 saturated carbocycles. The molecule has 0 saturated heterocycles. The Balaban J connectivity index is 2.70. The summed E-state index contributed by atoms with van der Waals surface area (Å²) in [7, 11) is 0. The van der Waals surface area contributed by atoms with E-state index in [1.807, 2.05) is 16.8 Å². The first-order valence-corrected chi connectivity index (χ1v) is 6.11. The van der Waals surface area contributed by atoms with Gasteiger partial charge < -0.3 is 5.73 Å². The smallest absolute Gasteiger partial charge is 0.107 e. The standard InChI is InChI=1S/C13H16N4S/c1-13(2,3)17-11(9-4-6-15-7-5-9)10(8-16-17)12(14)18/h4-8H,1-3H3,(H2,14,18). The first-order valence-electron chi connectivity index (χ1n) is 5.70. The third kappa shape index (κ3) is 2.26. The molecule has 0 aliphatic rings. The average Bonchev–Trinajstić information content (AvgIpc) is 2.74. The zero-order valence-corrected chi connectivity index (χ0v) is 11.5. The molecule has 2 aromatic rings. The number of rotatable bonds is 2. The van der Waals surface area contributed by atoms with Crippen molar-refractivity contribution in [1.29, 1.82) is 0 Å².